The van der Waals surface area contributed by atoms with Gasteiger partial charge in [-0.1, -0.05) is 18.5 Å². The van der Waals surface area contributed by atoms with E-state index in [4.69, 9.17) is 16.3 Å². The molecule has 0 fully saturated rings. The molecule has 0 saturated carbocycles. The molecular weight excluding hydrogens is 252 g/mol. The lowest BCUT2D eigenvalue weighted by molar-refractivity contribution is -0.115. The minimum Gasteiger partial charge on any atom is -0.491 e. The Morgan fingerprint density at radius 2 is 2.17 bits per heavy atom. The van der Waals surface area contributed by atoms with Crippen LogP contribution in [0.1, 0.15) is 13.3 Å². The fourth-order valence-electron chi connectivity index (χ4n) is 1.28. The highest BCUT2D eigenvalue weighted by Crippen LogP contribution is 2.27. The van der Waals surface area contributed by atoms with Gasteiger partial charge >= 0.3 is 0 Å². The lowest BCUT2D eigenvalue weighted by Crippen LogP contribution is -2.19. The van der Waals surface area contributed by atoms with Crippen molar-refractivity contribution in [2.75, 3.05) is 32.6 Å². The summed E-state index contributed by atoms with van der Waals surface area (Å²) < 4.78 is 5.55. The molecule has 1 rings (SSSR count). The van der Waals surface area contributed by atoms with Crippen LogP contribution >= 0.6 is 11.6 Å². The topological polar surface area (TPSA) is 41.6 Å². The number of amides is 1. The third-order valence-electron chi connectivity index (χ3n) is 2.33. The van der Waals surface area contributed by atoms with Gasteiger partial charge in [-0.2, -0.15) is 0 Å². The number of likely N-dealkylation sites (N-methyl/N-ethyl adjacent to an activating group) is 1. The van der Waals surface area contributed by atoms with E-state index in [0.29, 0.717) is 29.5 Å². The molecule has 0 spiro atoms. The number of nitrogens with zero attached hydrogens (tertiary/aromatic N) is 1. The maximum atomic E-state index is 11.2. The summed E-state index contributed by atoms with van der Waals surface area (Å²) in [5.41, 5.74) is 0.687. The fourth-order valence-corrected chi connectivity index (χ4v) is 1.52. The van der Waals surface area contributed by atoms with E-state index in [0.717, 1.165) is 6.54 Å². The van der Waals surface area contributed by atoms with Crippen molar-refractivity contribution in [3.05, 3.63) is 23.2 Å². The number of anilines is 1. The highest BCUT2D eigenvalue weighted by molar-refractivity contribution is 6.32. The Kier molecular flexibility index (Phi) is 5.95. The van der Waals surface area contributed by atoms with Crippen molar-refractivity contribution in [3.8, 4) is 5.75 Å². The number of nitrogens with one attached hydrogen (secondary N) is 1. The fraction of sp³-hybridized carbons (Fsp3) is 0.462. The third-order valence-corrected chi connectivity index (χ3v) is 2.63. The second-order valence-corrected chi connectivity index (χ2v) is 4.61. The molecule has 1 amide bonds. The van der Waals surface area contributed by atoms with Gasteiger partial charge in [-0.15, -0.1) is 0 Å². The van der Waals surface area contributed by atoms with Crippen LogP contribution in [0, 0.1) is 0 Å². The van der Waals surface area contributed by atoms with Crippen molar-refractivity contribution in [3.63, 3.8) is 0 Å². The van der Waals surface area contributed by atoms with Crippen molar-refractivity contribution in [1.82, 2.24) is 4.90 Å². The van der Waals surface area contributed by atoms with Crippen LogP contribution in [0.25, 0.3) is 0 Å². The van der Waals surface area contributed by atoms with Crippen molar-refractivity contribution >= 4 is 23.2 Å². The Balaban J connectivity index is 2.59. The van der Waals surface area contributed by atoms with Crippen LogP contribution in [0.15, 0.2) is 18.2 Å². The molecule has 0 radical (unpaired) electrons. The number of hydrogen-bond acceptors (Lipinski definition) is 3. The Bertz CT molecular complexity index is 408. The molecule has 0 heterocycles. The Morgan fingerprint density at radius 3 is 2.72 bits per heavy atom. The number of halogens is 1. The van der Waals surface area contributed by atoms with Gasteiger partial charge in [0.1, 0.15) is 12.4 Å². The largest absolute Gasteiger partial charge is 0.491 e. The van der Waals surface area contributed by atoms with Gasteiger partial charge in [-0.05, 0) is 32.3 Å². The molecule has 1 aromatic rings. The SMILES string of the molecule is CCC(=O)Nc1ccc(OCCN(C)C)c(Cl)c1. The van der Waals surface area contributed by atoms with Crippen molar-refractivity contribution in [2.24, 2.45) is 0 Å². The predicted molar refractivity (Wildman–Crippen MR) is 74.4 cm³/mol. The minimum absolute atomic E-state index is 0.0349. The normalized spacial score (nSPS) is 10.5. The molecule has 0 unspecified atom stereocenters. The lowest BCUT2D eigenvalue weighted by atomic mass is 10.3. The van der Waals surface area contributed by atoms with Crippen molar-refractivity contribution in [2.45, 2.75) is 13.3 Å². The summed E-state index contributed by atoms with van der Waals surface area (Å²) >= 11 is 6.08. The van der Waals surface area contributed by atoms with E-state index in [2.05, 4.69) is 5.32 Å². The van der Waals surface area contributed by atoms with Crippen LogP contribution in [0.2, 0.25) is 5.02 Å². The summed E-state index contributed by atoms with van der Waals surface area (Å²) in [5.74, 6) is 0.598. The molecule has 4 nitrogen and oxygen atoms in total. The van der Waals surface area contributed by atoms with Crippen LogP contribution in [-0.4, -0.2) is 38.1 Å². The van der Waals surface area contributed by atoms with Crippen LogP contribution in [0.5, 0.6) is 5.75 Å². The van der Waals surface area contributed by atoms with Gasteiger partial charge in [-0.25, -0.2) is 0 Å². The van der Waals surface area contributed by atoms with E-state index in [1.54, 1.807) is 25.1 Å². The third kappa shape index (κ3) is 4.94. The molecule has 1 N–H and O–H groups in total. The van der Waals surface area contributed by atoms with Gasteiger partial charge in [0.15, 0.2) is 0 Å². The van der Waals surface area contributed by atoms with E-state index in [1.165, 1.54) is 0 Å². The van der Waals surface area contributed by atoms with Gasteiger partial charge < -0.3 is 15.0 Å². The van der Waals surface area contributed by atoms with E-state index < -0.39 is 0 Å². The van der Waals surface area contributed by atoms with Crippen molar-refractivity contribution in [1.29, 1.82) is 0 Å². The van der Waals surface area contributed by atoms with Crippen LogP contribution in [0.3, 0.4) is 0 Å². The zero-order valence-electron chi connectivity index (χ0n) is 11.0. The second-order valence-electron chi connectivity index (χ2n) is 4.20. The Hall–Kier alpha value is -1.26. The second kappa shape index (κ2) is 7.24. The summed E-state index contributed by atoms with van der Waals surface area (Å²) in [6.07, 6.45) is 0.443. The number of carbonyl (C=O) groups excluding carboxylic acids is 1. The summed E-state index contributed by atoms with van der Waals surface area (Å²) in [5, 5.41) is 3.25. The summed E-state index contributed by atoms with van der Waals surface area (Å²) in [4.78, 5) is 13.3. The first-order chi connectivity index (χ1) is 8.52. The molecular formula is C13H19ClN2O2. The number of ether oxygens (including phenoxy) is 1. The Morgan fingerprint density at radius 1 is 1.44 bits per heavy atom. The molecule has 0 aliphatic heterocycles. The van der Waals surface area contributed by atoms with E-state index in [9.17, 15) is 4.79 Å². The van der Waals surface area contributed by atoms with E-state index in [1.807, 2.05) is 19.0 Å². The summed E-state index contributed by atoms with van der Waals surface area (Å²) in [6, 6.07) is 5.24. The van der Waals surface area contributed by atoms with Gasteiger partial charge in [0.05, 0.1) is 5.02 Å². The standard InChI is InChI=1S/C13H19ClN2O2/c1-4-13(17)15-10-5-6-12(11(14)9-10)18-8-7-16(2)3/h5-6,9H,4,7-8H2,1-3H3,(H,15,17). The first-order valence-electron chi connectivity index (χ1n) is 5.90. The van der Waals surface area contributed by atoms with Crippen LogP contribution < -0.4 is 10.1 Å². The Labute approximate surface area is 113 Å². The molecule has 0 aromatic heterocycles. The monoisotopic (exact) mass is 270 g/mol. The molecule has 100 valence electrons. The molecule has 5 heteroatoms. The average Bonchev–Trinajstić information content (AvgIpc) is 2.31. The predicted octanol–water partition coefficient (Wildman–Crippen LogP) is 2.63. The molecule has 0 aliphatic rings. The lowest BCUT2D eigenvalue weighted by Gasteiger charge is -2.12. The van der Waals surface area contributed by atoms with Crippen LogP contribution in [0.4, 0.5) is 5.69 Å². The minimum atomic E-state index is -0.0349. The van der Waals surface area contributed by atoms with Gasteiger partial charge in [0.2, 0.25) is 5.91 Å². The molecule has 0 saturated heterocycles. The maximum Gasteiger partial charge on any atom is 0.224 e. The van der Waals surface area contributed by atoms with Gasteiger partial charge in [0.25, 0.3) is 0 Å². The maximum absolute atomic E-state index is 11.2. The number of hydrogen-bond donors (Lipinski definition) is 1. The average molecular weight is 271 g/mol. The summed E-state index contributed by atoms with van der Waals surface area (Å²) in [6.45, 7) is 3.20. The quantitative estimate of drug-likeness (QED) is 0.864. The molecule has 0 aliphatic carbocycles. The highest BCUT2D eigenvalue weighted by atomic mass is 35.5. The molecule has 0 bridgehead atoms. The highest BCUT2D eigenvalue weighted by Gasteiger charge is 2.05. The number of rotatable bonds is 6. The first kappa shape index (κ1) is 14.8. The molecule has 18 heavy (non-hydrogen) atoms. The zero-order valence-corrected chi connectivity index (χ0v) is 11.8. The van der Waals surface area contributed by atoms with Crippen molar-refractivity contribution < 1.29 is 9.53 Å². The zero-order chi connectivity index (χ0) is 13.5. The van der Waals surface area contributed by atoms with Gasteiger partial charge in [-0.3, -0.25) is 4.79 Å². The van der Waals surface area contributed by atoms with Gasteiger partial charge in [0, 0.05) is 18.7 Å². The van der Waals surface area contributed by atoms with Crippen LogP contribution in [-0.2, 0) is 4.79 Å². The smallest absolute Gasteiger partial charge is 0.224 e. The van der Waals surface area contributed by atoms with E-state index in [-0.39, 0.29) is 5.91 Å². The van der Waals surface area contributed by atoms with E-state index >= 15 is 0 Å². The number of carbonyl (C=O) groups is 1. The first-order valence-corrected chi connectivity index (χ1v) is 6.27. The molecule has 0 atom stereocenters. The number of benzene rings is 1. The molecule has 1 aromatic carbocycles. The summed E-state index contributed by atoms with van der Waals surface area (Å²) in [7, 11) is 3.96.